The molecule has 1 aromatic carbocycles. The minimum absolute atomic E-state index is 0.159. The Hall–Kier alpha value is -1.43. The molecule has 1 fully saturated rings. The molecule has 1 aromatic rings. The van der Waals surface area contributed by atoms with Crippen LogP contribution < -0.4 is 10.6 Å². The van der Waals surface area contributed by atoms with E-state index in [1.165, 1.54) is 0 Å². The maximum absolute atomic E-state index is 12.1. The van der Waals surface area contributed by atoms with Crippen LogP contribution in [0.5, 0.6) is 0 Å². The van der Waals surface area contributed by atoms with Gasteiger partial charge in [0.2, 0.25) is 0 Å². The molecule has 19 heavy (non-hydrogen) atoms. The zero-order chi connectivity index (χ0) is 13.2. The summed E-state index contributed by atoms with van der Waals surface area (Å²) < 4.78 is 5.42. The van der Waals surface area contributed by atoms with Crippen LogP contribution >= 0.6 is 0 Å². The monoisotopic (exact) mass is 262 g/mol. The number of rotatable bonds is 2. The van der Waals surface area contributed by atoms with Gasteiger partial charge in [-0.2, -0.15) is 0 Å². The molecule has 102 valence electrons. The van der Waals surface area contributed by atoms with E-state index in [0.717, 1.165) is 17.7 Å². The Morgan fingerprint density at radius 2 is 2.26 bits per heavy atom. The van der Waals surface area contributed by atoms with Gasteiger partial charge < -0.3 is 20.5 Å². The van der Waals surface area contributed by atoms with Crippen molar-refractivity contribution < 1.29 is 14.6 Å². The van der Waals surface area contributed by atoms with Gasteiger partial charge in [0.15, 0.2) is 0 Å². The van der Waals surface area contributed by atoms with Gasteiger partial charge >= 0.3 is 0 Å². The maximum Gasteiger partial charge on any atom is 0.251 e. The predicted octanol–water partition coefficient (Wildman–Crippen LogP) is -0.251. The van der Waals surface area contributed by atoms with Crippen LogP contribution in [-0.2, 0) is 16.0 Å². The van der Waals surface area contributed by atoms with Crippen molar-refractivity contribution in [3.63, 3.8) is 0 Å². The van der Waals surface area contributed by atoms with Gasteiger partial charge in [-0.1, -0.05) is 24.3 Å². The van der Waals surface area contributed by atoms with Crippen LogP contribution in [0.15, 0.2) is 24.3 Å². The molecule has 5 heteroatoms. The summed E-state index contributed by atoms with van der Waals surface area (Å²) in [5.41, 5.74) is 2.11. The number of hydrogen-bond acceptors (Lipinski definition) is 4. The SMILES string of the molecule is O=C(N[C@H]1c2ccccc2C[C@H]1O)C1CNCCO1. The summed E-state index contributed by atoms with van der Waals surface area (Å²) in [5, 5.41) is 16.1. The molecule has 0 saturated carbocycles. The lowest BCUT2D eigenvalue weighted by Crippen LogP contribution is -2.49. The number of ether oxygens (including phenoxy) is 1. The van der Waals surface area contributed by atoms with Crippen LogP contribution in [0.4, 0.5) is 0 Å². The molecule has 1 saturated heterocycles. The van der Waals surface area contributed by atoms with Gasteiger partial charge in [-0.25, -0.2) is 0 Å². The van der Waals surface area contributed by atoms with Crippen molar-refractivity contribution in [2.24, 2.45) is 0 Å². The van der Waals surface area contributed by atoms with Gasteiger partial charge in [-0.15, -0.1) is 0 Å². The fraction of sp³-hybridized carbons (Fsp3) is 0.500. The highest BCUT2D eigenvalue weighted by atomic mass is 16.5. The molecule has 1 heterocycles. The van der Waals surface area contributed by atoms with Crippen molar-refractivity contribution in [2.45, 2.75) is 24.7 Å². The first-order chi connectivity index (χ1) is 9.25. The van der Waals surface area contributed by atoms with Gasteiger partial charge in [0.05, 0.1) is 18.8 Å². The van der Waals surface area contributed by atoms with E-state index in [1.807, 2.05) is 24.3 Å². The Morgan fingerprint density at radius 1 is 1.42 bits per heavy atom. The van der Waals surface area contributed by atoms with Gasteiger partial charge in [0.1, 0.15) is 6.10 Å². The highest BCUT2D eigenvalue weighted by Crippen LogP contribution is 2.31. The van der Waals surface area contributed by atoms with Crippen LogP contribution in [0.1, 0.15) is 17.2 Å². The zero-order valence-corrected chi connectivity index (χ0v) is 10.6. The van der Waals surface area contributed by atoms with Crippen LogP contribution in [0.2, 0.25) is 0 Å². The Labute approximate surface area is 112 Å². The molecule has 0 radical (unpaired) electrons. The number of amides is 1. The van der Waals surface area contributed by atoms with E-state index in [4.69, 9.17) is 4.74 Å². The second-order valence-corrected chi connectivity index (χ2v) is 5.02. The van der Waals surface area contributed by atoms with Gasteiger partial charge in [-0.3, -0.25) is 4.79 Å². The minimum Gasteiger partial charge on any atom is -0.390 e. The molecule has 0 bridgehead atoms. The second kappa shape index (κ2) is 5.28. The van der Waals surface area contributed by atoms with Crippen LogP contribution in [0.3, 0.4) is 0 Å². The molecular weight excluding hydrogens is 244 g/mol. The lowest BCUT2D eigenvalue weighted by Gasteiger charge is -2.25. The first-order valence-electron chi connectivity index (χ1n) is 6.64. The fourth-order valence-corrected chi connectivity index (χ4v) is 2.73. The molecule has 1 aliphatic carbocycles. The summed E-state index contributed by atoms with van der Waals surface area (Å²) in [6, 6.07) is 7.49. The molecule has 1 amide bonds. The van der Waals surface area contributed by atoms with Crippen molar-refractivity contribution in [1.29, 1.82) is 0 Å². The number of aliphatic hydroxyl groups excluding tert-OH is 1. The second-order valence-electron chi connectivity index (χ2n) is 5.02. The smallest absolute Gasteiger partial charge is 0.251 e. The molecule has 3 N–H and O–H groups in total. The lowest BCUT2D eigenvalue weighted by molar-refractivity contribution is -0.135. The summed E-state index contributed by atoms with van der Waals surface area (Å²) in [7, 11) is 0. The van der Waals surface area contributed by atoms with E-state index in [1.54, 1.807) is 0 Å². The number of morpholine rings is 1. The summed E-state index contributed by atoms with van der Waals surface area (Å²) in [6.07, 6.45) is -0.433. The van der Waals surface area contributed by atoms with Gasteiger partial charge in [0, 0.05) is 19.5 Å². The number of carbonyl (C=O) groups is 1. The van der Waals surface area contributed by atoms with Crippen molar-refractivity contribution in [3.8, 4) is 0 Å². The molecule has 1 unspecified atom stereocenters. The first-order valence-corrected chi connectivity index (χ1v) is 6.64. The third kappa shape index (κ3) is 2.49. The third-order valence-corrected chi connectivity index (χ3v) is 3.72. The lowest BCUT2D eigenvalue weighted by atomic mass is 10.1. The number of carbonyl (C=O) groups excluding carboxylic acids is 1. The van der Waals surface area contributed by atoms with E-state index in [2.05, 4.69) is 10.6 Å². The Kier molecular flexibility index (Phi) is 3.50. The molecule has 3 rings (SSSR count). The van der Waals surface area contributed by atoms with Crippen molar-refractivity contribution >= 4 is 5.91 Å². The largest absolute Gasteiger partial charge is 0.390 e. The van der Waals surface area contributed by atoms with E-state index in [9.17, 15) is 9.90 Å². The average molecular weight is 262 g/mol. The first kappa shape index (κ1) is 12.6. The van der Waals surface area contributed by atoms with Gasteiger partial charge in [-0.05, 0) is 11.1 Å². The number of benzene rings is 1. The molecule has 2 aliphatic rings. The third-order valence-electron chi connectivity index (χ3n) is 3.72. The molecule has 1 aliphatic heterocycles. The summed E-state index contributed by atoms with van der Waals surface area (Å²) in [4.78, 5) is 12.1. The average Bonchev–Trinajstić information content (AvgIpc) is 2.76. The molecule has 0 spiro atoms. The van der Waals surface area contributed by atoms with E-state index in [-0.39, 0.29) is 11.9 Å². The predicted molar refractivity (Wildman–Crippen MR) is 69.6 cm³/mol. The van der Waals surface area contributed by atoms with Crippen molar-refractivity contribution in [1.82, 2.24) is 10.6 Å². The van der Waals surface area contributed by atoms with Crippen LogP contribution in [-0.4, -0.2) is 42.9 Å². The number of nitrogens with one attached hydrogen (secondary N) is 2. The Morgan fingerprint density at radius 3 is 3.05 bits per heavy atom. The Balaban J connectivity index is 1.71. The van der Waals surface area contributed by atoms with E-state index >= 15 is 0 Å². The number of fused-ring (bicyclic) bond motifs is 1. The molecule has 3 atom stereocenters. The van der Waals surface area contributed by atoms with Crippen molar-refractivity contribution in [3.05, 3.63) is 35.4 Å². The quantitative estimate of drug-likeness (QED) is 0.687. The standard InChI is InChI=1S/C14H18N2O3/c17-11-7-9-3-1-2-4-10(9)13(11)16-14(18)12-8-15-5-6-19-12/h1-4,11-13,15,17H,5-8H2,(H,16,18)/t11-,12?,13+/m1/s1. The van der Waals surface area contributed by atoms with Crippen LogP contribution in [0.25, 0.3) is 0 Å². The maximum atomic E-state index is 12.1. The van der Waals surface area contributed by atoms with Crippen molar-refractivity contribution in [2.75, 3.05) is 19.7 Å². The zero-order valence-electron chi connectivity index (χ0n) is 10.6. The topological polar surface area (TPSA) is 70.6 Å². The highest BCUT2D eigenvalue weighted by molar-refractivity contribution is 5.81. The number of hydrogen-bond donors (Lipinski definition) is 3. The van der Waals surface area contributed by atoms with Gasteiger partial charge in [0.25, 0.3) is 5.91 Å². The number of aliphatic hydroxyl groups is 1. The summed E-state index contributed by atoms with van der Waals surface area (Å²) in [5.74, 6) is -0.159. The highest BCUT2D eigenvalue weighted by Gasteiger charge is 2.34. The summed E-state index contributed by atoms with van der Waals surface area (Å²) in [6.45, 7) is 1.84. The van der Waals surface area contributed by atoms with E-state index < -0.39 is 12.2 Å². The fourth-order valence-electron chi connectivity index (χ4n) is 2.73. The summed E-state index contributed by atoms with van der Waals surface area (Å²) >= 11 is 0. The Bertz CT molecular complexity index is 472. The van der Waals surface area contributed by atoms with E-state index in [0.29, 0.717) is 19.6 Å². The normalized spacial score (nSPS) is 29.8. The molecular formula is C14H18N2O3. The van der Waals surface area contributed by atoms with Crippen LogP contribution in [0, 0.1) is 0 Å². The molecule has 0 aromatic heterocycles. The minimum atomic E-state index is -0.558. The molecule has 5 nitrogen and oxygen atoms in total.